The zero-order valence-corrected chi connectivity index (χ0v) is 11.5. The van der Waals surface area contributed by atoms with Crippen molar-refractivity contribution in [3.63, 3.8) is 0 Å². The molecule has 6 heteroatoms. The van der Waals surface area contributed by atoms with E-state index in [1.807, 2.05) is 0 Å². The van der Waals surface area contributed by atoms with Gasteiger partial charge in [-0.1, -0.05) is 6.92 Å². The van der Waals surface area contributed by atoms with Crippen molar-refractivity contribution >= 4 is 11.6 Å². The minimum absolute atomic E-state index is 0.0100. The van der Waals surface area contributed by atoms with Crippen molar-refractivity contribution in [2.24, 2.45) is 11.7 Å². The van der Waals surface area contributed by atoms with E-state index in [-0.39, 0.29) is 17.6 Å². The van der Waals surface area contributed by atoms with Crippen molar-refractivity contribution in [1.29, 1.82) is 0 Å². The van der Waals surface area contributed by atoms with E-state index in [4.69, 9.17) is 5.73 Å². The number of nitro benzene ring substituents is 1. The maximum absolute atomic E-state index is 12.5. The molecule has 0 aromatic heterocycles. The summed E-state index contributed by atoms with van der Waals surface area (Å²) in [5.74, 6) is 0.478. The van der Waals surface area contributed by atoms with E-state index < -0.39 is 4.92 Å². The van der Waals surface area contributed by atoms with Crippen LogP contribution in [0.25, 0.3) is 0 Å². The lowest BCUT2D eigenvalue weighted by Gasteiger charge is -2.38. The second kappa shape index (κ2) is 6.00. The highest BCUT2D eigenvalue weighted by Crippen LogP contribution is 2.24. The van der Waals surface area contributed by atoms with E-state index in [0.717, 1.165) is 12.8 Å². The number of nitrogens with zero attached hydrogens (tertiary/aromatic N) is 2. The molecule has 108 valence electrons. The van der Waals surface area contributed by atoms with Crippen LogP contribution in [0.2, 0.25) is 0 Å². The van der Waals surface area contributed by atoms with Crippen LogP contribution in [-0.2, 0) is 0 Å². The van der Waals surface area contributed by atoms with E-state index in [9.17, 15) is 14.9 Å². The standard InChI is InChI=1S/C14H19N3O3/c1-10-6-7-16(13(8-10)9-15)14(18)11-2-4-12(5-3-11)17(19)20/h2-5,10,13H,6-9,15H2,1H3. The Bertz CT molecular complexity index is 501. The van der Waals surface area contributed by atoms with Crippen molar-refractivity contribution in [2.45, 2.75) is 25.8 Å². The molecule has 1 heterocycles. The van der Waals surface area contributed by atoms with Gasteiger partial charge in [0.1, 0.15) is 0 Å². The molecule has 2 atom stereocenters. The zero-order chi connectivity index (χ0) is 14.7. The first-order chi connectivity index (χ1) is 9.52. The number of benzene rings is 1. The topological polar surface area (TPSA) is 89.5 Å². The van der Waals surface area contributed by atoms with Crippen molar-refractivity contribution < 1.29 is 9.72 Å². The molecule has 1 aromatic rings. The first-order valence-electron chi connectivity index (χ1n) is 6.78. The molecule has 1 aromatic carbocycles. The van der Waals surface area contributed by atoms with Crippen molar-refractivity contribution in [2.75, 3.05) is 13.1 Å². The van der Waals surface area contributed by atoms with E-state index >= 15 is 0 Å². The van der Waals surface area contributed by atoms with Gasteiger partial charge in [-0.25, -0.2) is 0 Å². The minimum atomic E-state index is -0.473. The molecule has 2 unspecified atom stereocenters. The van der Waals surface area contributed by atoms with E-state index in [1.165, 1.54) is 24.3 Å². The summed E-state index contributed by atoms with van der Waals surface area (Å²) in [5.41, 5.74) is 6.22. The van der Waals surface area contributed by atoms with Crippen LogP contribution in [0.1, 0.15) is 30.1 Å². The molecule has 0 bridgehead atoms. The van der Waals surface area contributed by atoms with Crippen LogP contribution in [0.15, 0.2) is 24.3 Å². The van der Waals surface area contributed by atoms with E-state index in [1.54, 1.807) is 4.90 Å². The van der Waals surface area contributed by atoms with Crippen LogP contribution in [0, 0.1) is 16.0 Å². The third-order valence-electron chi connectivity index (χ3n) is 3.84. The van der Waals surface area contributed by atoms with Crippen LogP contribution in [0.4, 0.5) is 5.69 Å². The molecule has 1 fully saturated rings. The normalized spacial score (nSPS) is 22.6. The van der Waals surface area contributed by atoms with Crippen LogP contribution >= 0.6 is 0 Å². The Morgan fingerprint density at radius 1 is 1.45 bits per heavy atom. The van der Waals surface area contributed by atoms with Crippen LogP contribution in [-0.4, -0.2) is 34.9 Å². The van der Waals surface area contributed by atoms with Gasteiger partial charge in [-0.2, -0.15) is 0 Å². The summed E-state index contributed by atoms with van der Waals surface area (Å²) < 4.78 is 0. The number of carbonyl (C=O) groups excluding carboxylic acids is 1. The highest BCUT2D eigenvalue weighted by atomic mass is 16.6. The van der Waals surface area contributed by atoms with Crippen molar-refractivity contribution in [1.82, 2.24) is 4.90 Å². The first-order valence-corrected chi connectivity index (χ1v) is 6.78. The Morgan fingerprint density at radius 3 is 2.65 bits per heavy atom. The molecule has 1 amide bonds. The number of rotatable bonds is 3. The molecule has 20 heavy (non-hydrogen) atoms. The fraction of sp³-hybridized carbons (Fsp3) is 0.500. The fourth-order valence-corrected chi connectivity index (χ4v) is 2.63. The predicted molar refractivity (Wildman–Crippen MR) is 75.4 cm³/mol. The Hall–Kier alpha value is -1.95. The monoisotopic (exact) mass is 277 g/mol. The van der Waals surface area contributed by atoms with Gasteiger partial charge in [0.15, 0.2) is 0 Å². The molecular formula is C14H19N3O3. The van der Waals surface area contributed by atoms with Crippen LogP contribution in [0.5, 0.6) is 0 Å². The van der Waals surface area contributed by atoms with Gasteiger partial charge in [-0.05, 0) is 30.9 Å². The van der Waals surface area contributed by atoms with Crippen LogP contribution < -0.4 is 5.73 Å². The molecule has 2 rings (SSSR count). The molecule has 6 nitrogen and oxygen atoms in total. The van der Waals surface area contributed by atoms with Crippen LogP contribution in [0.3, 0.4) is 0 Å². The number of piperidine rings is 1. The Labute approximate surface area is 117 Å². The summed E-state index contributed by atoms with van der Waals surface area (Å²) in [6, 6.07) is 5.79. The summed E-state index contributed by atoms with van der Waals surface area (Å²) in [5, 5.41) is 10.6. The number of hydrogen-bond acceptors (Lipinski definition) is 4. The number of hydrogen-bond donors (Lipinski definition) is 1. The molecule has 1 saturated heterocycles. The zero-order valence-electron chi connectivity index (χ0n) is 11.5. The predicted octanol–water partition coefficient (Wildman–Crippen LogP) is 1.79. The highest BCUT2D eigenvalue weighted by molar-refractivity contribution is 5.94. The van der Waals surface area contributed by atoms with Gasteiger partial charge in [-0.3, -0.25) is 14.9 Å². The third kappa shape index (κ3) is 2.96. The molecule has 0 aliphatic carbocycles. The number of nitrogens with two attached hydrogens (primary N) is 1. The summed E-state index contributed by atoms with van der Waals surface area (Å²) in [4.78, 5) is 24.4. The second-order valence-electron chi connectivity index (χ2n) is 5.32. The van der Waals surface area contributed by atoms with E-state index in [0.29, 0.717) is 24.6 Å². The molecule has 0 spiro atoms. The van der Waals surface area contributed by atoms with Crippen molar-refractivity contribution in [3.8, 4) is 0 Å². The third-order valence-corrected chi connectivity index (χ3v) is 3.84. The number of carbonyl (C=O) groups is 1. The number of amides is 1. The smallest absolute Gasteiger partial charge is 0.269 e. The van der Waals surface area contributed by atoms with Gasteiger partial charge in [0.05, 0.1) is 4.92 Å². The molecular weight excluding hydrogens is 258 g/mol. The molecule has 2 N–H and O–H groups in total. The lowest BCUT2D eigenvalue weighted by Crippen LogP contribution is -2.49. The van der Waals surface area contributed by atoms with Gasteiger partial charge >= 0.3 is 0 Å². The highest BCUT2D eigenvalue weighted by Gasteiger charge is 2.29. The molecule has 1 aliphatic heterocycles. The van der Waals surface area contributed by atoms with Gasteiger partial charge in [0.2, 0.25) is 0 Å². The molecule has 0 saturated carbocycles. The summed E-state index contributed by atoms with van der Waals surface area (Å²) in [7, 11) is 0. The largest absolute Gasteiger partial charge is 0.334 e. The number of non-ortho nitro benzene ring substituents is 1. The van der Waals surface area contributed by atoms with Gasteiger partial charge < -0.3 is 10.6 Å². The maximum atomic E-state index is 12.5. The maximum Gasteiger partial charge on any atom is 0.269 e. The quantitative estimate of drug-likeness (QED) is 0.673. The summed E-state index contributed by atoms with van der Waals surface area (Å²) in [6.45, 7) is 3.30. The molecule has 1 aliphatic rings. The van der Waals surface area contributed by atoms with Gasteiger partial charge in [-0.15, -0.1) is 0 Å². The van der Waals surface area contributed by atoms with Crippen molar-refractivity contribution in [3.05, 3.63) is 39.9 Å². The fourth-order valence-electron chi connectivity index (χ4n) is 2.63. The second-order valence-corrected chi connectivity index (χ2v) is 5.32. The number of likely N-dealkylation sites (tertiary alicyclic amines) is 1. The SMILES string of the molecule is CC1CCN(C(=O)c2ccc([N+](=O)[O-])cc2)C(CN)C1. The average molecular weight is 277 g/mol. The Kier molecular flexibility index (Phi) is 4.34. The van der Waals surface area contributed by atoms with E-state index in [2.05, 4.69) is 6.92 Å². The number of nitro groups is 1. The van der Waals surface area contributed by atoms with Gasteiger partial charge in [0.25, 0.3) is 11.6 Å². The minimum Gasteiger partial charge on any atom is -0.334 e. The Balaban J connectivity index is 2.15. The summed E-state index contributed by atoms with van der Waals surface area (Å²) in [6.07, 6.45) is 1.88. The first kappa shape index (κ1) is 14.5. The summed E-state index contributed by atoms with van der Waals surface area (Å²) >= 11 is 0. The lowest BCUT2D eigenvalue weighted by atomic mass is 9.92. The average Bonchev–Trinajstić information content (AvgIpc) is 2.46. The molecule has 0 radical (unpaired) electrons. The lowest BCUT2D eigenvalue weighted by molar-refractivity contribution is -0.384. The Morgan fingerprint density at radius 2 is 2.10 bits per heavy atom. The van der Waals surface area contributed by atoms with Gasteiger partial charge in [0, 0.05) is 36.8 Å².